The molecule has 0 saturated carbocycles. The van der Waals surface area contributed by atoms with Gasteiger partial charge in [-0.05, 0) is 37.4 Å². The van der Waals surface area contributed by atoms with Gasteiger partial charge in [-0.1, -0.05) is 52.7 Å². The highest BCUT2D eigenvalue weighted by Gasteiger charge is 2.25. The summed E-state index contributed by atoms with van der Waals surface area (Å²) < 4.78 is 28.8. The lowest BCUT2D eigenvalue weighted by atomic mass is 10.2. The lowest BCUT2D eigenvalue weighted by Gasteiger charge is -2.25. The molecular formula is C20H19BrClF2N3OS. The normalized spacial score (nSPS) is 11.4. The largest absolute Gasteiger partial charge is 0.302 e. The summed E-state index contributed by atoms with van der Waals surface area (Å²) in [7, 11) is 0. The average molecular weight is 503 g/mol. The number of likely N-dealkylation sites (N-methyl/N-ethyl adjacent to an activating group) is 1. The van der Waals surface area contributed by atoms with E-state index >= 15 is 0 Å². The zero-order valence-corrected chi connectivity index (χ0v) is 19.0. The maximum Gasteiger partial charge on any atom is 0.261 e. The molecule has 0 unspecified atom stereocenters. The van der Waals surface area contributed by atoms with Gasteiger partial charge in [0, 0.05) is 23.6 Å². The first-order valence-electron chi connectivity index (χ1n) is 9.08. The predicted octanol–water partition coefficient (Wildman–Crippen LogP) is 5.98. The van der Waals surface area contributed by atoms with E-state index in [-0.39, 0.29) is 11.4 Å². The molecule has 3 rings (SSSR count). The molecule has 2 aromatic carbocycles. The highest BCUT2D eigenvalue weighted by atomic mass is 79.9. The van der Waals surface area contributed by atoms with Gasteiger partial charge in [-0.15, -0.1) is 0 Å². The van der Waals surface area contributed by atoms with E-state index in [9.17, 15) is 13.6 Å². The Hall–Kier alpha value is -1.61. The van der Waals surface area contributed by atoms with Gasteiger partial charge in [-0.2, -0.15) is 0 Å². The summed E-state index contributed by atoms with van der Waals surface area (Å²) in [6, 6.07) is 7.03. The van der Waals surface area contributed by atoms with E-state index < -0.39 is 11.6 Å². The van der Waals surface area contributed by atoms with Crippen LogP contribution < -0.4 is 4.90 Å². The fraction of sp³-hybridized carbons (Fsp3) is 0.300. The van der Waals surface area contributed by atoms with Crippen LogP contribution in [-0.4, -0.2) is 42.0 Å². The Balaban J connectivity index is 2.04. The molecule has 9 heteroatoms. The van der Waals surface area contributed by atoms with Crippen molar-refractivity contribution in [1.82, 2.24) is 9.88 Å². The molecule has 0 N–H and O–H groups in total. The molecule has 154 valence electrons. The number of nitrogens with zero attached hydrogens (tertiary/aromatic N) is 3. The Bertz CT molecular complexity index is 1040. The van der Waals surface area contributed by atoms with Gasteiger partial charge >= 0.3 is 0 Å². The molecule has 0 aliphatic heterocycles. The molecule has 0 bridgehead atoms. The van der Waals surface area contributed by atoms with Crippen molar-refractivity contribution in [3.8, 4) is 0 Å². The summed E-state index contributed by atoms with van der Waals surface area (Å²) in [5.74, 6) is -1.77. The van der Waals surface area contributed by atoms with Gasteiger partial charge in [0.15, 0.2) is 10.9 Å². The number of amides is 1. The molecule has 0 saturated heterocycles. The minimum absolute atomic E-state index is 0.0485. The zero-order valence-electron chi connectivity index (χ0n) is 15.9. The third-order valence-corrected chi connectivity index (χ3v) is 6.42. The van der Waals surface area contributed by atoms with Crippen molar-refractivity contribution in [2.45, 2.75) is 13.8 Å². The van der Waals surface area contributed by atoms with Crippen molar-refractivity contribution < 1.29 is 13.6 Å². The molecule has 0 aliphatic carbocycles. The number of hydrogen-bond acceptors (Lipinski definition) is 4. The lowest BCUT2D eigenvalue weighted by Crippen LogP contribution is -2.39. The number of carbonyl (C=O) groups excluding carboxylic acids is 1. The number of benzene rings is 2. The minimum atomic E-state index is -0.751. The summed E-state index contributed by atoms with van der Waals surface area (Å²) in [4.78, 5) is 21.3. The summed E-state index contributed by atoms with van der Waals surface area (Å²) in [6.45, 7) is 6.68. The van der Waals surface area contributed by atoms with Gasteiger partial charge in [-0.25, -0.2) is 13.8 Å². The number of rotatable bonds is 7. The monoisotopic (exact) mass is 501 g/mol. The van der Waals surface area contributed by atoms with Crippen molar-refractivity contribution in [3.63, 3.8) is 0 Å². The third-order valence-electron chi connectivity index (χ3n) is 4.57. The second kappa shape index (κ2) is 9.47. The second-order valence-electron chi connectivity index (χ2n) is 6.34. The Kier molecular flexibility index (Phi) is 7.21. The number of hydrogen-bond donors (Lipinski definition) is 0. The van der Waals surface area contributed by atoms with Crippen LogP contribution in [0.15, 0.2) is 34.8 Å². The van der Waals surface area contributed by atoms with E-state index in [1.165, 1.54) is 11.0 Å². The van der Waals surface area contributed by atoms with Gasteiger partial charge in [0.05, 0.1) is 15.3 Å². The summed E-state index contributed by atoms with van der Waals surface area (Å²) in [6.07, 6.45) is 0. The van der Waals surface area contributed by atoms with Crippen molar-refractivity contribution in [1.29, 1.82) is 0 Å². The van der Waals surface area contributed by atoms with E-state index in [4.69, 9.17) is 11.6 Å². The topological polar surface area (TPSA) is 36.4 Å². The smallest absolute Gasteiger partial charge is 0.261 e. The molecule has 1 amide bonds. The van der Waals surface area contributed by atoms with E-state index in [1.807, 2.05) is 13.8 Å². The quantitative estimate of drug-likeness (QED) is 0.399. The van der Waals surface area contributed by atoms with Crippen LogP contribution in [0.4, 0.5) is 13.9 Å². The summed E-state index contributed by atoms with van der Waals surface area (Å²) in [5, 5.41) is 0.613. The standard InChI is InChI=1S/C20H19BrClF2N3OS/c1-3-26(4-2)7-8-27(19(28)14-9-12(21)5-6-15(14)22)20-25-18-16(24)10-13(23)11-17(18)29-20/h5-6,9-11H,3-4,7-8H2,1-2H3. The molecule has 29 heavy (non-hydrogen) atoms. The number of fused-ring (bicyclic) bond motifs is 1. The van der Waals surface area contributed by atoms with E-state index in [2.05, 4.69) is 25.8 Å². The SMILES string of the molecule is CCN(CC)CCN(C(=O)c1cc(Br)ccc1Cl)c1nc2c(F)cc(F)cc2s1. The van der Waals surface area contributed by atoms with Crippen molar-refractivity contribution >= 4 is 60.1 Å². The molecular weight excluding hydrogens is 484 g/mol. The molecule has 0 radical (unpaired) electrons. The van der Waals surface area contributed by atoms with Gasteiger partial charge in [0.2, 0.25) is 0 Å². The van der Waals surface area contributed by atoms with Crippen molar-refractivity contribution in [3.05, 3.63) is 57.0 Å². The van der Waals surface area contributed by atoms with Crippen LogP contribution in [0.1, 0.15) is 24.2 Å². The number of carbonyl (C=O) groups is 1. The lowest BCUT2D eigenvalue weighted by molar-refractivity contribution is 0.0984. The molecule has 0 spiro atoms. The zero-order chi connectivity index (χ0) is 21.1. The van der Waals surface area contributed by atoms with Gasteiger partial charge in [0.1, 0.15) is 11.3 Å². The molecule has 1 aromatic heterocycles. The molecule has 1 heterocycles. The van der Waals surface area contributed by atoms with Crippen LogP contribution in [-0.2, 0) is 0 Å². The number of halogens is 4. The van der Waals surface area contributed by atoms with Crippen molar-refractivity contribution in [2.75, 3.05) is 31.1 Å². The second-order valence-corrected chi connectivity index (χ2v) is 8.67. The summed E-state index contributed by atoms with van der Waals surface area (Å²) >= 11 is 10.7. The van der Waals surface area contributed by atoms with Crippen LogP contribution in [0.25, 0.3) is 10.2 Å². The van der Waals surface area contributed by atoms with Crippen LogP contribution in [0.3, 0.4) is 0 Å². The Morgan fingerprint density at radius 1 is 1.17 bits per heavy atom. The first-order valence-corrected chi connectivity index (χ1v) is 11.1. The van der Waals surface area contributed by atoms with Crippen LogP contribution >= 0.6 is 38.9 Å². The van der Waals surface area contributed by atoms with Gasteiger partial charge < -0.3 is 4.90 Å². The van der Waals surface area contributed by atoms with Crippen LogP contribution in [0.5, 0.6) is 0 Å². The minimum Gasteiger partial charge on any atom is -0.302 e. The third kappa shape index (κ3) is 4.94. The molecule has 0 aliphatic rings. The number of anilines is 1. The van der Waals surface area contributed by atoms with Crippen LogP contribution in [0.2, 0.25) is 5.02 Å². The number of thiazole rings is 1. The van der Waals surface area contributed by atoms with E-state index in [1.54, 1.807) is 18.2 Å². The Labute approximate surface area is 185 Å². The van der Waals surface area contributed by atoms with Crippen LogP contribution in [0, 0.1) is 11.6 Å². The van der Waals surface area contributed by atoms with E-state index in [0.717, 1.165) is 30.5 Å². The Morgan fingerprint density at radius 2 is 1.90 bits per heavy atom. The highest BCUT2D eigenvalue weighted by Crippen LogP contribution is 2.33. The molecule has 4 nitrogen and oxygen atoms in total. The maximum atomic E-state index is 14.2. The van der Waals surface area contributed by atoms with E-state index in [0.29, 0.717) is 38.0 Å². The average Bonchev–Trinajstić information content (AvgIpc) is 3.10. The maximum absolute atomic E-state index is 14.2. The number of aromatic nitrogens is 1. The molecule has 3 aromatic rings. The Morgan fingerprint density at radius 3 is 2.59 bits per heavy atom. The fourth-order valence-electron chi connectivity index (χ4n) is 2.93. The first kappa shape index (κ1) is 22.1. The molecule has 0 fully saturated rings. The highest BCUT2D eigenvalue weighted by molar-refractivity contribution is 9.10. The van der Waals surface area contributed by atoms with Crippen molar-refractivity contribution in [2.24, 2.45) is 0 Å². The fourth-order valence-corrected chi connectivity index (χ4v) is 4.52. The van der Waals surface area contributed by atoms with Gasteiger partial charge in [0.25, 0.3) is 5.91 Å². The van der Waals surface area contributed by atoms with Gasteiger partial charge in [-0.3, -0.25) is 9.69 Å². The molecule has 0 atom stereocenters. The first-order chi connectivity index (χ1) is 13.8. The predicted molar refractivity (Wildman–Crippen MR) is 118 cm³/mol. The summed E-state index contributed by atoms with van der Waals surface area (Å²) in [5.41, 5.74) is 0.360.